The third kappa shape index (κ3) is 9.45. The van der Waals surface area contributed by atoms with Gasteiger partial charge in [0, 0.05) is 38.8 Å². The molecule has 4 saturated heterocycles. The van der Waals surface area contributed by atoms with Gasteiger partial charge in [0.1, 0.15) is 54.2 Å². The lowest BCUT2D eigenvalue weighted by Crippen LogP contribution is -2.69. The van der Waals surface area contributed by atoms with Crippen molar-refractivity contribution in [1.82, 2.24) is 15.7 Å². The summed E-state index contributed by atoms with van der Waals surface area (Å²) >= 11 is 0. The molecule has 2 unspecified atom stereocenters. The fourth-order valence-electron chi connectivity index (χ4n) is 8.89. The molecule has 58 heavy (non-hydrogen) atoms. The lowest BCUT2D eigenvalue weighted by atomic mass is 9.62. The van der Waals surface area contributed by atoms with Crippen LogP contribution in [0.15, 0.2) is 30.3 Å². The van der Waals surface area contributed by atoms with E-state index in [4.69, 9.17) is 33.6 Å². The number of fused-ring (bicyclic) bond motifs is 4. The van der Waals surface area contributed by atoms with Gasteiger partial charge in [-0.1, -0.05) is 75.9 Å². The van der Waals surface area contributed by atoms with Crippen molar-refractivity contribution in [2.45, 2.75) is 152 Å². The third-order valence-corrected chi connectivity index (χ3v) is 11.9. The number of benzene rings is 1. The van der Waals surface area contributed by atoms with Crippen LogP contribution in [0.1, 0.15) is 89.2 Å². The van der Waals surface area contributed by atoms with Crippen molar-refractivity contribution in [2.24, 2.45) is 5.41 Å². The van der Waals surface area contributed by atoms with Crippen LogP contribution < -0.4 is 10.6 Å². The fraction of sp³-hybridized carbons (Fsp3) is 0.732. The van der Waals surface area contributed by atoms with Crippen molar-refractivity contribution in [3.63, 3.8) is 0 Å². The molecule has 4 heterocycles. The predicted molar refractivity (Wildman–Crippen MR) is 205 cm³/mol. The molecule has 6 rings (SSSR count). The Morgan fingerprint density at radius 1 is 0.931 bits per heavy atom. The summed E-state index contributed by atoms with van der Waals surface area (Å²) in [7, 11) is 0. The molecule has 1 aromatic rings. The molecule has 17 heteroatoms. The Bertz CT molecular complexity index is 1550. The van der Waals surface area contributed by atoms with Crippen LogP contribution in [0.25, 0.3) is 6.08 Å². The van der Waals surface area contributed by atoms with E-state index in [0.717, 1.165) is 49.7 Å². The molecule has 1 aliphatic carbocycles. The summed E-state index contributed by atoms with van der Waals surface area (Å²) in [6.45, 7) is 3.78. The van der Waals surface area contributed by atoms with Gasteiger partial charge in [0.25, 0.3) is 0 Å². The van der Waals surface area contributed by atoms with E-state index in [9.17, 15) is 34.8 Å². The first-order chi connectivity index (χ1) is 28.0. The van der Waals surface area contributed by atoms with Gasteiger partial charge in [-0.2, -0.15) is 5.06 Å². The van der Waals surface area contributed by atoms with Gasteiger partial charge in [-0.05, 0) is 24.0 Å². The normalized spacial score (nSPS) is 33.9. The molecular weight excluding hydrogens is 758 g/mol. The van der Waals surface area contributed by atoms with Crippen molar-refractivity contribution in [3.8, 4) is 0 Å². The fourth-order valence-corrected chi connectivity index (χ4v) is 8.89. The molecule has 5 fully saturated rings. The Labute approximate surface area is 338 Å². The minimum atomic E-state index is -1.53. The van der Waals surface area contributed by atoms with E-state index in [-0.39, 0.29) is 51.6 Å². The first-order valence-corrected chi connectivity index (χ1v) is 20.8. The highest BCUT2D eigenvalue weighted by Crippen LogP contribution is 2.58. The molecule has 0 radical (unpaired) electrons. The summed E-state index contributed by atoms with van der Waals surface area (Å²) in [5.41, 5.74) is 0.198. The number of hydrogen-bond acceptors (Lipinski definition) is 15. The maximum absolute atomic E-state index is 14.5. The largest absolute Gasteiger partial charge is 0.458 e. The number of esters is 1. The molecule has 0 aromatic heterocycles. The van der Waals surface area contributed by atoms with Crippen LogP contribution >= 0.6 is 0 Å². The molecule has 0 spiro atoms. The second-order valence-corrected chi connectivity index (χ2v) is 16.0. The van der Waals surface area contributed by atoms with Gasteiger partial charge in [-0.15, -0.1) is 0 Å². The van der Waals surface area contributed by atoms with E-state index in [1.807, 2.05) is 24.3 Å². The summed E-state index contributed by atoms with van der Waals surface area (Å²) in [5.74, 6) is -2.25. The monoisotopic (exact) mass is 819 g/mol. The number of aliphatic hydroxyl groups excluding tert-OH is 5. The number of hydroxylamine groups is 2. The lowest BCUT2D eigenvalue weighted by molar-refractivity contribution is -0.298. The van der Waals surface area contributed by atoms with Gasteiger partial charge in [0.15, 0.2) is 18.1 Å². The summed E-state index contributed by atoms with van der Waals surface area (Å²) in [4.78, 5) is 47.5. The number of nitrogens with one attached hydrogen (secondary N) is 2. The van der Waals surface area contributed by atoms with Gasteiger partial charge in [-0.3, -0.25) is 19.2 Å². The zero-order valence-corrected chi connectivity index (χ0v) is 33.4. The minimum Gasteiger partial charge on any atom is -0.458 e. The summed E-state index contributed by atoms with van der Waals surface area (Å²) < 4.78 is 30.8. The first-order valence-electron chi connectivity index (χ1n) is 20.8. The number of nitrogens with zero attached hydrogens (tertiary/aromatic N) is 1. The van der Waals surface area contributed by atoms with E-state index in [2.05, 4.69) is 24.5 Å². The highest BCUT2D eigenvalue weighted by molar-refractivity contribution is 5.94. The number of carbonyl (C=O) groups is 3. The number of amides is 2. The molecule has 11 atom stereocenters. The molecule has 5 aliphatic rings. The smallest absolute Gasteiger partial charge is 0.327 e. The van der Waals surface area contributed by atoms with Crippen LogP contribution in [-0.2, 0) is 49.5 Å². The predicted octanol–water partition coefficient (Wildman–Crippen LogP) is 0.572. The van der Waals surface area contributed by atoms with E-state index in [1.54, 1.807) is 12.2 Å². The molecule has 7 N–H and O–H groups in total. The number of unbranched alkanes of at least 4 members (excludes halogenated alkanes) is 4. The first kappa shape index (κ1) is 44.5. The molecule has 2 amide bonds. The Kier molecular flexibility index (Phi) is 15.3. The molecule has 1 aromatic carbocycles. The molecule has 4 aliphatic heterocycles. The van der Waals surface area contributed by atoms with Crippen LogP contribution in [0, 0.1) is 5.41 Å². The quantitative estimate of drug-likeness (QED) is 0.0664. The summed E-state index contributed by atoms with van der Waals surface area (Å²) in [6.07, 6.45) is 1.05. The Morgan fingerprint density at radius 3 is 2.31 bits per heavy atom. The lowest BCUT2D eigenvalue weighted by Gasteiger charge is -2.48. The van der Waals surface area contributed by atoms with Crippen LogP contribution in [0.3, 0.4) is 0 Å². The van der Waals surface area contributed by atoms with Crippen molar-refractivity contribution < 1.29 is 68.4 Å². The average molecular weight is 820 g/mol. The van der Waals surface area contributed by atoms with Gasteiger partial charge < -0.3 is 59.9 Å². The number of hydrogen-bond donors (Lipinski definition) is 7. The maximum Gasteiger partial charge on any atom is 0.327 e. The highest BCUT2D eigenvalue weighted by atomic mass is 16.8. The van der Waals surface area contributed by atoms with Gasteiger partial charge in [0.2, 0.25) is 11.8 Å². The highest BCUT2D eigenvalue weighted by Gasteiger charge is 2.76. The van der Waals surface area contributed by atoms with E-state index < -0.39 is 90.8 Å². The van der Waals surface area contributed by atoms with Crippen molar-refractivity contribution >= 4 is 23.9 Å². The van der Waals surface area contributed by atoms with E-state index in [0.29, 0.717) is 12.8 Å². The van der Waals surface area contributed by atoms with Crippen LogP contribution in [-0.4, -0.2) is 148 Å². The molecule has 17 nitrogen and oxygen atoms in total. The van der Waals surface area contributed by atoms with Crippen molar-refractivity contribution in [2.75, 3.05) is 32.9 Å². The standard InChI is InChI=1S/C41H61N3O14/c1-3-5-7-16-40(17-8-6-4-2)56-33-27-22-41(39(52)43-18-15-29(47)42-19-20-45)35(37(51)54-27)44(58-36(41)34(33)57-40)23-26-13-11-25(12-14-26)10-9-21-53-38-32(50)31(49)30(48)28(24-46)55-38/h9-14,27-28,30-36,38,45-46,48-50H,3-8,15-24H2,1-2H3,(H,42,47)(H,43,52)/t27?,28-,30+,31+,32-,33+,34+,35+,36-,38+,41?/m1/s1. The Hall–Kier alpha value is -3.07. The summed E-state index contributed by atoms with van der Waals surface area (Å²) in [6, 6.07) is 6.34. The maximum atomic E-state index is 14.5. The van der Waals surface area contributed by atoms with Crippen LogP contribution in [0.5, 0.6) is 0 Å². The number of aliphatic hydroxyl groups is 5. The molecule has 1 saturated carbocycles. The third-order valence-electron chi connectivity index (χ3n) is 11.9. The van der Waals surface area contributed by atoms with E-state index >= 15 is 0 Å². The molecule has 2 bridgehead atoms. The van der Waals surface area contributed by atoms with Gasteiger partial charge in [-0.25, -0.2) is 0 Å². The van der Waals surface area contributed by atoms with Crippen LogP contribution in [0.2, 0.25) is 0 Å². The number of rotatable bonds is 21. The topological polar surface area (TPSA) is 235 Å². The zero-order valence-electron chi connectivity index (χ0n) is 33.4. The average Bonchev–Trinajstić information content (AvgIpc) is 3.77. The van der Waals surface area contributed by atoms with E-state index in [1.165, 1.54) is 5.06 Å². The van der Waals surface area contributed by atoms with Crippen molar-refractivity contribution in [3.05, 3.63) is 41.5 Å². The Balaban J connectivity index is 1.18. The molecular formula is C41H61N3O14. The van der Waals surface area contributed by atoms with Crippen molar-refractivity contribution in [1.29, 1.82) is 0 Å². The van der Waals surface area contributed by atoms with Crippen LogP contribution in [0.4, 0.5) is 0 Å². The second-order valence-electron chi connectivity index (χ2n) is 16.0. The zero-order chi connectivity index (χ0) is 41.5. The number of carbonyl (C=O) groups excluding carboxylic acids is 3. The molecule has 324 valence electrons. The second kappa shape index (κ2) is 20.0. The Morgan fingerprint density at radius 2 is 1.64 bits per heavy atom. The SMILES string of the molecule is CCCCCC1(CCCCC)O[C@@H]2[C@H]3ON(Cc4ccc(C=CCO[C@H]5O[C@H](CO)[C@H](O)[C@H](O)[C@H]5O)cc4)[C@H]4C(=O)OC(CC34C(=O)NCCC(=O)NCCO)[C@@H]2O1. The van der Waals surface area contributed by atoms with Gasteiger partial charge in [0.05, 0.1) is 26.4 Å². The number of ether oxygens (including phenoxy) is 5. The van der Waals surface area contributed by atoms with Gasteiger partial charge >= 0.3 is 5.97 Å². The summed E-state index contributed by atoms with van der Waals surface area (Å²) in [5, 5.41) is 55.7. The minimum absolute atomic E-state index is 0.00214.